The zero-order valence-corrected chi connectivity index (χ0v) is 10.6. The van der Waals surface area contributed by atoms with Gasteiger partial charge >= 0.3 is 0 Å². The SMILES string of the molecule is Clc1cc(Br)c(CN2CCOCC2)cn1. The average molecular weight is 292 g/mol. The summed E-state index contributed by atoms with van der Waals surface area (Å²) < 4.78 is 6.32. The van der Waals surface area contributed by atoms with Crippen LogP contribution >= 0.6 is 27.5 Å². The molecular weight excluding hydrogens is 279 g/mol. The number of hydrogen-bond acceptors (Lipinski definition) is 3. The standard InChI is InChI=1S/C10H12BrClN2O/c11-9-5-10(12)13-6-8(9)7-14-1-3-15-4-2-14/h5-6H,1-4,7H2. The Morgan fingerprint density at radius 3 is 2.87 bits per heavy atom. The van der Waals surface area contributed by atoms with E-state index in [2.05, 4.69) is 25.8 Å². The molecule has 0 aromatic carbocycles. The lowest BCUT2D eigenvalue weighted by molar-refractivity contribution is 0.0340. The first-order valence-corrected chi connectivity index (χ1v) is 6.03. The molecular formula is C10H12BrClN2O. The molecule has 0 N–H and O–H groups in total. The number of halogens is 2. The van der Waals surface area contributed by atoms with E-state index in [-0.39, 0.29) is 0 Å². The molecule has 1 fully saturated rings. The second-order valence-electron chi connectivity index (χ2n) is 3.49. The summed E-state index contributed by atoms with van der Waals surface area (Å²) in [5.74, 6) is 0. The number of nitrogens with zero attached hydrogens (tertiary/aromatic N) is 2. The maximum atomic E-state index is 5.78. The van der Waals surface area contributed by atoms with Gasteiger partial charge in [-0.05, 0) is 11.6 Å². The van der Waals surface area contributed by atoms with Gasteiger partial charge in [-0.15, -0.1) is 0 Å². The lowest BCUT2D eigenvalue weighted by atomic mass is 10.2. The number of aromatic nitrogens is 1. The van der Waals surface area contributed by atoms with E-state index in [4.69, 9.17) is 16.3 Å². The summed E-state index contributed by atoms with van der Waals surface area (Å²) in [6, 6.07) is 1.83. The van der Waals surface area contributed by atoms with Crippen molar-refractivity contribution >= 4 is 27.5 Å². The maximum absolute atomic E-state index is 5.78. The molecule has 0 bridgehead atoms. The van der Waals surface area contributed by atoms with E-state index >= 15 is 0 Å². The molecule has 2 rings (SSSR count). The van der Waals surface area contributed by atoms with Crippen molar-refractivity contribution in [2.45, 2.75) is 6.54 Å². The first-order valence-electron chi connectivity index (χ1n) is 4.86. The highest BCUT2D eigenvalue weighted by molar-refractivity contribution is 9.10. The second-order valence-corrected chi connectivity index (χ2v) is 4.73. The van der Waals surface area contributed by atoms with Crippen LogP contribution in [0, 0.1) is 0 Å². The van der Waals surface area contributed by atoms with Crippen LogP contribution < -0.4 is 0 Å². The number of hydrogen-bond donors (Lipinski definition) is 0. The van der Waals surface area contributed by atoms with Crippen molar-refractivity contribution in [3.05, 3.63) is 27.5 Å². The van der Waals surface area contributed by atoms with Crippen LogP contribution in [0.15, 0.2) is 16.7 Å². The van der Waals surface area contributed by atoms with Crippen LogP contribution in [0.4, 0.5) is 0 Å². The van der Waals surface area contributed by atoms with Crippen molar-refractivity contribution in [2.75, 3.05) is 26.3 Å². The van der Waals surface area contributed by atoms with Gasteiger partial charge in [0.05, 0.1) is 13.2 Å². The van der Waals surface area contributed by atoms with E-state index in [1.807, 2.05) is 12.3 Å². The van der Waals surface area contributed by atoms with Crippen molar-refractivity contribution in [3.63, 3.8) is 0 Å². The molecule has 0 unspecified atom stereocenters. The first-order chi connectivity index (χ1) is 7.25. The molecule has 0 aliphatic carbocycles. The third-order valence-corrected chi connectivity index (χ3v) is 3.34. The highest BCUT2D eigenvalue weighted by Crippen LogP contribution is 2.20. The van der Waals surface area contributed by atoms with E-state index in [1.165, 1.54) is 5.56 Å². The Bertz CT molecular complexity index is 342. The Kier molecular flexibility index (Phi) is 3.97. The van der Waals surface area contributed by atoms with Gasteiger partial charge in [0.2, 0.25) is 0 Å². The summed E-state index contributed by atoms with van der Waals surface area (Å²) in [5, 5.41) is 0.521. The fourth-order valence-corrected chi connectivity index (χ4v) is 2.29. The summed E-state index contributed by atoms with van der Waals surface area (Å²) in [6.45, 7) is 4.50. The molecule has 2 heterocycles. The van der Waals surface area contributed by atoms with Crippen LogP contribution in [-0.4, -0.2) is 36.2 Å². The summed E-state index contributed by atoms with van der Waals surface area (Å²) in [4.78, 5) is 6.43. The molecule has 82 valence electrons. The molecule has 0 atom stereocenters. The fourth-order valence-electron chi connectivity index (χ4n) is 1.55. The summed E-state index contributed by atoms with van der Waals surface area (Å²) >= 11 is 9.28. The Hall–Kier alpha value is -0.160. The van der Waals surface area contributed by atoms with Crippen molar-refractivity contribution in [3.8, 4) is 0 Å². The minimum atomic E-state index is 0.521. The normalized spacial score (nSPS) is 18.0. The van der Waals surface area contributed by atoms with Gasteiger partial charge in [0.1, 0.15) is 5.15 Å². The van der Waals surface area contributed by atoms with Gasteiger partial charge in [-0.2, -0.15) is 0 Å². The zero-order valence-electron chi connectivity index (χ0n) is 8.25. The molecule has 0 amide bonds. The van der Waals surface area contributed by atoms with Crippen LogP contribution in [0.1, 0.15) is 5.56 Å². The number of pyridine rings is 1. The van der Waals surface area contributed by atoms with Gasteiger partial charge < -0.3 is 4.74 Å². The molecule has 1 saturated heterocycles. The van der Waals surface area contributed by atoms with Gasteiger partial charge in [-0.1, -0.05) is 27.5 Å². The molecule has 15 heavy (non-hydrogen) atoms. The number of morpholine rings is 1. The van der Waals surface area contributed by atoms with Gasteiger partial charge in [0.25, 0.3) is 0 Å². The van der Waals surface area contributed by atoms with Gasteiger partial charge in [0.15, 0.2) is 0 Å². The quantitative estimate of drug-likeness (QED) is 0.782. The summed E-state index contributed by atoms with van der Waals surface area (Å²) in [5.41, 5.74) is 1.17. The molecule has 1 aliphatic rings. The predicted octanol–water partition coefficient (Wildman–Crippen LogP) is 2.33. The van der Waals surface area contributed by atoms with Crippen molar-refractivity contribution in [1.82, 2.24) is 9.88 Å². The largest absolute Gasteiger partial charge is 0.379 e. The van der Waals surface area contributed by atoms with Crippen molar-refractivity contribution < 1.29 is 4.74 Å². The molecule has 0 saturated carbocycles. The van der Waals surface area contributed by atoms with E-state index in [9.17, 15) is 0 Å². The highest BCUT2D eigenvalue weighted by Gasteiger charge is 2.12. The topological polar surface area (TPSA) is 25.4 Å². The minimum Gasteiger partial charge on any atom is -0.379 e. The van der Waals surface area contributed by atoms with Gasteiger partial charge in [0, 0.05) is 30.3 Å². The number of rotatable bonds is 2. The summed E-state index contributed by atoms with van der Waals surface area (Å²) in [7, 11) is 0. The van der Waals surface area contributed by atoms with E-state index < -0.39 is 0 Å². The Balaban J connectivity index is 2.03. The van der Waals surface area contributed by atoms with E-state index in [1.54, 1.807) is 0 Å². The third-order valence-electron chi connectivity index (χ3n) is 2.39. The average Bonchev–Trinajstić information content (AvgIpc) is 2.24. The molecule has 1 aliphatic heterocycles. The lowest BCUT2D eigenvalue weighted by Crippen LogP contribution is -2.35. The zero-order chi connectivity index (χ0) is 10.7. The van der Waals surface area contributed by atoms with Crippen LogP contribution in [0.5, 0.6) is 0 Å². The molecule has 0 radical (unpaired) electrons. The van der Waals surface area contributed by atoms with Crippen LogP contribution in [-0.2, 0) is 11.3 Å². The molecule has 1 aromatic heterocycles. The van der Waals surface area contributed by atoms with Crippen LogP contribution in [0.25, 0.3) is 0 Å². The lowest BCUT2D eigenvalue weighted by Gasteiger charge is -2.26. The smallest absolute Gasteiger partial charge is 0.130 e. The molecule has 3 nitrogen and oxygen atoms in total. The molecule has 5 heteroatoms. The molecule has 0 spiro atoms. The van der Waals surface area contributed by atoms with Gasteiger partial charge in [-0.3, -0.25) is 4.90 Å². The number of ether oxygens (including phenoxy) is 1. The van der Waals surface area contributed by atoms with Crippen molar-refractivity contribution in [1.29, 1.82) is 0 Å². The van der Waals surface area contributed by atoms with Crippen molar-refractivity contribution in [2.24, 2.45) is 0 Å². The van der Waals surface area contributed by atoms with Gasteiger partial charge in [-0.25, -0.2) is 4.98 Å². The Morgan fingerprint density at radius 1 is 1.47 bits per heavy atom. The Labute approximate surface area is 103 Å². The third kappa shape index (κ3) is 3.14. The predicted molar refractivity (Wildman–Crippen MR) is 63.0 cm³/mol. The minimum absolute atomic E-state index is 0.521. The molecule has 1 aromatic rings. The van der Waals surface area contributed by atoms with Crippen LogP contribution in [0.3, 0.4) is 0 Å². The fraction of sp³-hybridized carbons (Fsp3) is 0.500. The highest BCUT2D eigenvalue weighted by atomic mass is 79.9. The maximum Gasteiger partial charge on any atom is 0.130 e. The monoisotopic (exact) mass is 290 g/mol. The first kappa shape index (κ1) is 11.3. The van der Waals surface area contributed by atoms with E-state index in [0.29, 0.717) is 5.15 Å². The Morgan fingerprint density at radius 2 is 2.20 bits per heavy atom. The van der Waals surface area contributed by atoms with Crippen LogP contribution in [0.2, 0.25) is 5.15 Å². The van der Waals surface area contributed by atoms with E-state index in [0.717, 1.165) is 37.3 Å². The summed E-state index contributed by atoms with van der Waals surface area (Å²) in [6.07, 6.45) is 1.82. The second kappa shape index (κ2) is 5.25.